The van der Waals surface area contributed by atoms with E-state index in [0.717, 1.165) is 5.56 Å². The molecule has 1 fully saturated rings. The van der Waals surface area contributed by atoms with Gasteiger partial charge in [-0.05, 0) is 42.9 Å². The Balaban J connectivity index is 2.32. The summed E-state index contributed by atoms with van der Waals surface area (Å²) in [7, 11) is -2.91. The zero-order valence-electron chi connectivity index (χ0n) is 10.2. The first-order chi connectivity index (χ1) is 8.53. The minimum Gasteiger partial charge on any atom is -0.330 e. The maximum absolute atomic E-state index is 11.7. The molecular weight excluding hydrogens is 270 g/mol. The fourth-order valence-corrected chi connectivity index (χ4v) is 4.40. The molecule has 2 N–H and O–H groups in total. The van der Waals surface area contributed by atoms with E-state index in [0.29, 0.717) is 24.4 Å². The zero-order chi connectivity index (χ0) is 13.2. The van der Waals surface area contributed by atoms with Crippen molar-refractivity contribution in [3.63, 3.8) is 0 Å². The number of halogens is 1. The molecule has 100 valence electrons. The second-order valence-corrected chi connectivity index (χ2v) is 7.56. The van der Waals surface area contributed by atoms with E-state index >= 15 is 0 Å². The van der Waals surface area contributed by atoms with Crippen LogP contribution in [0.15, 0.2) is 24.3 Å². The highest BCUT2D eigenvalue weighted by Crippen LogP contribution is 2.36. The lowest BCUT2D eigenvalue weighted by Gasteiger charge is -2.24. The van der Waals surface area contributed by atoms with Crippen LogP contribution in [0.5, 0.6) is 0 Å². The van der Waals surface area contributed by atoms with Crippen LogP contribution in [-0.2, 0) is 9.84 Å². The van der Waals surface area contributed by atoms with Gasteiger partial charge in [0.25, 0.3) is 0 Å². The van der Waals surface area contributed by atoms with E-state index in [1.165, 1.54) is 0 Å². The molecule has 1 saturated heterocycles. The Labute approximate surface area is 113 Å². The van der Waals surface area contributed by atoms with Gasteiger partial charge in [0.15, 0.2) is 0 Å². The van der Waals surface area contributed by atoms with Crippen molar-refractivity contribution in [2.24, 2.45) is 11.7 Å². The molecule has 1 aromatic carbocycles. The summed E-state index contributed by atoms with van der Waals surface area (Å²) in [6.45, 7) is 0.505. The average Bonchev–Trinajstić information content (AvgIpc) is 2.49. The molecule has 3 nitrogen and oxygen atoms in total. The molecule has 2 atom stereocenters. The highest BCUT2D eigenvalue weighted by Gasteiger charge is 2.30. The Hall–Kier alpha value is -0.580. The van der Waals surface area contributed by atoms with Gasteiger partial charge in [-0.3, -0.25) is 0 Å². The number of hydrogen-bond acceptors (Lipinski definition) is 3. The van der Waals surface area contributed by atoms with Crippen molar-refractivity contribution in [2.75, 3.05) is 18.1 Å². The predicted octanol–water partition coefficient (Wildman–Crippen LogP) is 2.21. The van der Waals surface area contributed by atoms with Crippen LogP contribution in [-0.4, -0.2) is 26.5 Å². The molecule has 1 aromatic rings. The monoisotopic (exact) mass is 287 g/mol. The van der Waals surface area contributed by atoms with E-state index < -0.39 is 9.84 Å². The second kappa shape index (κ2) is 5.59. The van der Waals surface area contributed by atoms with Crippen molar-refractivity contribution in [3.8, 4) is 0 Å². The highest BCUT2D eigenvalue weighted by molar-refractivity contribution is 7.91. The van der Waals surface area contributed by atoms with Crippen LogP contribution in [0.1, 0.15) is 24.3 Å². The molecule has 0 amide bonds. The van der Waals surface area contributed by atoms with Gasteiger partial charge in [0.1, 0.15) is 9.84 Å². The van der Waals surface area contributed by atoms with Crippen LogP contribution >= 0.6 is 11.6 Å². The molecule has 5 heteroatoms. The van der Waals surface area contributed by atoms with Crippen molar-refractivity contribution < 1.29 is 8.42 Å². The number of sulfone groups is 1. The first-order valence-corrected chi connectivity index (χ1v) is 8.38. The van der Waals surface area contributed by atoms with Gasteiger partial charge in [-0.2, -0.15) is 0 Å². The maximum atomic E-state index is 11.7. The van der Waals surface area contributed by atoms with Crippen LogP contribution in [0.2, 0.25) is 5.02 Å². The largest absolute Gasteiger partial charge is 0.330 e. The molecule has 1 heterocycles. The standard InChI is InChI=1S/C13H18ClNO2S/c14-13-4-2-1-3-12(13)11-6-8-18(16,17)7-5-10(11)9-15/h1-4,10-11H,5-9,15H2. The van der Waals surface area contributed by atoms with Gasteiger partial charge in [0, 0.05) is 5.02 Å². The van der Waals surface area contributed by atoms with Crippen LogP contribution in [0.3, 0.4) is 0 Å². The molecular formula is C13H18ClNO2S. The van der Waals surface area contributed by atoms with Crippen LogP contribution in [0.4, 0.5) is 0 Å². The summed E-state index contributed by atoms with van der Waals surface area (Å²) in [4.78, 5) is 0. The Morgan fingerprint density at radius 1 is 1.22 bits per heavy atom. The van der Waals surface area contributed by atoms with Crippen LogP contribution in [0, 0.1) is 5.92 Å². The van der Waals surface area contributed by atoms with Gasteiger partial charge < -0.3 is 5.73 Å². The van der Waals surface area contributed by atoms with Crippen molar-refractivity contribution in [2.45, 2.75) is 18.8 Å². The van der Waals surface area contributed by atoms with Gasteiger partial charge in [0.05, 0.1) is 11.5 Å². The molecule has 1 aliphatic heterocycles. The third-order valence-corrected chi connectivity index (χ3v) is 5.78. The Morgan fingerprint density at radius 2 is 1.89 bits per heavy atom. The fraction of sp³-hybridized carbons (Fsp3) is 0.538. The summed E-state index contributed by atoms with van der Waals surface area (Å²) in [5.74, 6) is 0.831. The number of rotatable bonds is 2. The van der Waals surface area contributed by atoms with E-state index in [-0.39, 0.29) is 23.3 Å². The summed E-state index contributed by atoms with van der Waals surface area (Å²) in [5.41, 5.74) is 6.84. The van der Waals surface area contributed by atoms with Crippen LogP contribution in [0.25, 0.3) is 0 Å². The van der Waals surface area contributed by atoms with Crippen molar-refractivity contribution in [1.29, 1.82) is 0 Å². The Morgan fingerprint density at radius 3 is 2.56 bits per heavy atom. The van der Waals surface area contributed by atoms with E-state index in [1.807, 2.05) is 24.3 Å². The van der Waals surface area contributed by atoms with Gasteiger partial charge in [-0.15, -0.1) is 0 Å². The summed E-state index contributed by atoms with van der Waals surface area (Å²) in [6.07, 6.45) is 1.25. The topological polar surface area (TPSA) is 60.2 Å². The molecule has 0 radical (unpaired) electrons. The molecule has 0 bridgehead atoms. The normalized spacial score (nSPS) is 27.7. The molecule has 0 spiro atoms. The lowest BCUT2D eigenvalue weighted by atomic mass is 9.82. The summed E-state index contributed by atoms with van der Waals surface area (Å²) in [6, 6.07) is 7.66. The summed E-state index contributed by atoms with van der Waals surface area (Å²) < 4.78 is 23.4. The second-order valence-electron chi connectivity index (χ2n) is 4.85. The van der Waals surface area contributed by atoms with Gasteiger partial charge in [-0.25, -0.2) is 8.42 Å². The summed E-state index contributed by atoms with van der Waals surface area (Å²) in [5, 5.41) is 0.709. The lowest BCUT2D eigenvalue weighted by molar-refractivity contribution is 0.420. The third kappa shape index (κ3) is 3.05. The molecule has 1 aliphatic rings. The molecule has 18 heavy (non-hydrogen) atoms. The number of hydrogen-bond donors (Lipinski definition) is 1. The van der Waals surface area contributed by atoms with E-state index in [1.54, 1.807) is 0 Å². The van der Waals surface area contributed by atoms with Crippen molar-refractivity contribution >= 4 is 21.4 Å². The van der Waals surface area contributed by atoms with Gasteiger partial charge in [-0.1, -0.05) is 29.8 Å². The molecule has 0 saturated carbocycles. The third-order valence-electron chi connectivity index (χ3n) is 3.72. The highest BCUT2D eigenvalue weighted by atomic mass is 35.5. The van der Waals surface area contributed by atoms with E-state index in [2.05, 4.69) is 0 Å². The molecule has 2 unspecified atom stereocenters. The van der Waals surface area contributed by atoms with Crippen molar-refractivity contribution in [3.05, 3.63) is 34.9 Å². The number of benzene rings is 1. The first kappa shape index (κ1) is 13.8. The van der Waals surface area contributed by atoms with Crippen molar-refractivity contribution in [1.82, 2.24) is 0 Å². The maximum Gasteiger partial charge on any atom is 0.150 e. The minimum atomic E-state index is -2.91. The Bertz CT molecular complexity index is 515. The summed E-state index contributed by atoms with van der Waals surface area (Å²) >= 11 is 6.21. The van der Waals surface area contributed by atoms with Gasteiger partial charge >= 0.3 is 0 Å². The smallest absolute Gasteiger partial charge is 0.150 e. The van der Waals surface area contributed by atoms with Gasteiger partial charge in [0.2, 0.25) is 0 Å². The lowest BCUT2D eigenvalue weighted by Crippen LogP contribution is -2.22. The zero-order valence-corrected chi connectivity index (χ0v) is 11.8. The minimum absolute atomic E-state index is 0.154. The van der Waals surface area contributed by atoms with E-state index in [4.69, 9.17) is 17.3 Å². The van der Waals surface area contributed by atoms with E-state index in [9.17, 15) is 8.42 Å². The van der Waals surface area contributed by atoms with Crippen LogP contribution < -0.4 is 5.73 Å². The molecule has 0 aliphatic carbocycles. The fourth-order valence-electron chi connectivity index (χ4n) is 2.64. The Kier molecular flexibility index (Phi) is 4.30. The first-order valence-electron chi connectivity index (χ1n) is 6.18. The molecule has 0 aromatic heterocycles. The predicted molar refractivity (Wildman–Crippen MR) is 74.6 cm³/mol. The number of nitrogens with two attached hydrogens (primary N) is 1. The SMILES string of the molecule is NCC1CCS(=O)(=O)CCC1c1ccccc1Cl. The molecule has 2 rings (SSSR count). The quantitative estimate of drug-likeness (QED) is 0.907. The average molecular weight is 288 g/mol.